The Labute approximate surface area is 97.3 Å². The number of aliphatic hydroxyl groups excluding tert-OH is 2. The van der Waals surface area contributed by atoms with Gasteiger partial charge in [0.05, 0.1) is 12.2 Å². The third-order valence-electron chi connectivity index (χ3n) is 2.52. The second-order valence-electron chi connectivity index (χ2n) is 3.71. The molecular weight excluding hydrogens is 232 g/mol. The van der Waals surface area contributed by atoms with Gasteiger partial charge in [0.2, 0.25) is 0 Å². The third kappa shape index (κ3) is 2.16. The van der Waals surface area contributed by atoms with Crippen LogP contribution in [-0.4, -0.2) is 51.3 Å². The van der Waals surface area contributed by atoms with Crippen LogP contribution < -0.4 is 0 Å². The highest BCUT2D eigenvalue weighted by Crippen LogP contribution is 2.15. The molecule has 0 bridgehead atoms. The number of aliphatic hydroxyl groups is 2. The van der Waals surface area contributed by atoms with Crippen molar-refractivity contribution in [1.82, 2.24) is 9.88 Å². The molecular formula is C10H11ClN2O3. The van der Waals surface area contributed by atoms with Crippen molar-refractivity contribution in [1.29, 1.82) is 0 Å². The van der Waals surface area contributed by atoms with Crippen LogP contribution in [0.2, 0.25) is 5.15 Å². The Morgan fingerprint density at radius 1 is 1.44 bits per heavy atom. The molecule has 2 heterocycles. The molecule has 2 N–H and O–H groups in total. The van der Waals surface area contributed by atoms with E-state index in [1.54, 1.807) is 6.07 Å². The quantitative estimate of drug-likeness (QED) is 0.676. The van der Waals surface area contributed by atoms with Gasteiger partial charge < -0.3 is 15.1 Å². The minimum Gasteiger partial charge on any atom is -0.388 e. The SMILES string of the molecule is O=C(c1ccnc(Cl)c1)N1CC(O)C(O)C1. The molecule has 5 nitrogen and oxygen atoms in total. The zero-order valence-electron chi connectivity index (χ0n) is 8.38. The first kappa shape index (κ1) is 11.3. The number of carbonyl (C=O) groups is 1. The lowest BCUT2D eigenvalue weighted by atomic mass is 10.2. The molecule has 1 aromatic rings. The number of hydrogen-bond donors (Lipinski definition) is 2. The summed E-state index contributed by atoms with van der Waals surface area (Å²) in [4.78, 5) is 17.1. The highest BCUT2D eigenvalue weighted by Gasteiger charge is 2.32. The highest BCUT2D eigenvalue weighted by atomic mass is 35.5. The number of rotatable bonds is 1. The topological polar surface area (TPSA) is 73.7 Å². The van der Waals surface area contributed by atoms with Gasteiger partial charge >= 0.3 is 0 Å². The number of β-amino-alcohol motifs (C(OH)–C–C–N with tert-alkyl or cyclic N) is 2. The van der Waals surface area contributed by atoms with E-state index in [4.69, 9.17) is 11.6 Å². The van der Waals surface area contributed by atoms with Gasteiger partial charge in [-0.1, -0.05) is 11.6 Å². The van der Waals surface area contributed by atoms with Crippen LogP contribution in [0, 0.1) is 0 Å². The van der Waals surface area contributed by atoms with Crippen molar-refractivity contribution in [3.05, 3.63) is 29.0 Å². The van der Waals surface area contributed by atoms with Crippen molar-refractivity contribution in [2.75, 3.05) is 13.1 Å². The number of pyridine rings is 1. The van der Waals surface area contributed by atoms with Crippen LogP contribution in [0.25, 0.3) is 0 Å². The molecule has 0 aromatic carbocycles. The summed E-state index contributed by atoms with van der Waals surface area (Å²) in [7, 11) is 0. The predicted molar refractivity (Wildman–Crippen MR) is 57.2 cm³/mol. The molecule has 0 saturated carbocycles. The van der Waals surface area contributed by atoms with Crippen molar-refractivity contribution < 1.29 is 15.0 Å². The van der Waals surface area contributed by atoms with Gasteiger partial charge in [0, 0.05) is 24.8 Å². The molecule has 1 aliphatic rings. The van der Waals surface area contributed by atoms with Gasteiger partial charge in [-0.2, -0.15) is 0 Å². The van der Waals surface area contributed by atoms with Crippen LogP contribution >= 0.6 is 11.6 Å². The molecule has 0 radical (unpaired) electrons. The summed E-state index contributed by atoms with van der Waals surface area (Å²) in [6, 6.07) is 3.01. The fourth-order valence-corrected chi connectivity index (χ4v) is 1.83. The van der Waals surface area contributed by atoms with Crippen molar-refractivity contribution in [2.45, 2.75) is 12.2 Å². The zero-order valence-corrected chi connectivity index (χ0v) is 9.13. The van der Waals surface area contributed by atoms with E-state index in [2.05, 4.69) is 4.98 Å². The van der Waals surface area contributed by atoms with Crippen molar-refractivity contribution in [2.24, 2.45) is 0 Å². The summed E-state index contributed by atoms with van der Waals surface area (Å²) in [5.74, 6) is -0.264. The molecule has 2 atom stereocenters. The largest absolute Gasteiger partial charge is 0.388 e. The lowest BCUT2D eigenvalue weighted by Crippen LogP contribution is -2.29. The van der Waals surface area contributed by atoms with E-state index in [0.717, 1.165) is 0 Å². The van der Waals surface area contributed by atoms with Gasteiger partial charge in [-0.15, -0.1) is 0 Å². The average molecular weight is 243 g/mol. The van der Waals surface area contributed by atoms with E-state index in [-0.39, 0.29) is 24.1 Å². The van der Waals surface area contributed by atoms with E-state index in [9.17, 15) is 15.0 Å². The van der Waals surface area contributed by atoms with Gasteiger partial charge in [-0.25, -0.2) is 4.98 Å². The normalized spacial score (nSPS) is 24.8. The van der Waals surface area contributed by atoms with Gasteiger partial charge in [0.1, 0.15) is 5.15 Å². The Hall–Kier alpha value is -1.17. The monoisotopic (exact) mass is 242 g/mol. The molecule has 86 valence electrons. The number of likely N-dealkylation sites (tertiary alicyclic amines) is 1. The average Bonchev–Trinajstić information content (AvgIpc) is 2.58. The molecule has 1 saturated heterocycles. The first-order valence-corrected chi connectivity index (χ1v) is 5.22. The van der Waals surface area contributed by atoms with Gasteiger partial charge in [0.25, 0.3) is 5.91 Å². The molecule has 2 unspecified atom stereocenters. The lowest BCUT2D eigenvalue weighted by Gasteiger charge is -2.15. The van der Waals surface area contributed by atoms with Crippen LogP contribution in [0.15, 0.2) is 18.3 Å². The molecule has 0 spiro atoms. The Morgan fingerprint density at radius 2 is 2.06 bits per heavy atom. The molecule has 1 aromatic heterocycles. The van der Waals surface area contributed by atoms with Crippen molar-refractivity contribution in [3.63, 3.8) is 0 Å². The number of nitrogens with zero attached hydrogens (tertiary/aromatic N) is 2. The molecule has 6 heteroatoms. The van der Waals surface area contributed by atoms with Crippen LogP contribution in [0.5, 0.6) is 0 Å². The molecule has 0 aliphatic carbocycles. The predicted octanol–water partition coefficient (Wildman–Crippen LogP) is -0.0874. The maximum absolute atomic E-state index is 11.9. The zero-order chi connectivity index (χ0) is 11.7. The maximum atomic E-state index is 11.9. The Kier molecular flexibility index (Phi) is 3.09. The second kappa shape index (κ2) is 4.37. The lowest BCUT2D eigenvalue weighted by molar-refractivity contribution is 0.0572. The van der Waals surface area contributed by atoms with Crippen LogP contribution in [-0.2, 0) is 0 Å². The fraction of sp³-hybridized carbons (Fsp3) is 0.400. The second-order valence-corrected chi connectivity index (χ2v) is 4.10. The summed E-state index contributed by atoms with van der Waals surface area (Å²) in [5, 5.41) is 18.9. The molecule has 1 amide bonds. The van der Waals surface area contributed by atoms with E-state index >= 15 is 0 Å². The fourth-order valence-electron chi connectivity index (χ4n) is 1.65. The summed E-state index contributed by atoms with van der Waals surface area (Å²) in [5.41, 5.74) is 0.404. The number of hydrogen-bond acceptors (Lipinski definition) is 4. The van der Waals surface area contributed by atoms with Crippen LogP contribution in [0.4, 0.5) is 0 Å². The summed E-state index contributed by atoms with van der Waals surface area (Å²) < 4.78 is 0. The highest BCUT2D eigenvalue weighted by molar-refractivity contribution is 6.29. The van der Waals surface area contributed by atoms with Crippen molar-refractivity contribution >= 4 is 17.5 Å². The molecule has 1 fully saturated rings. The smallest absolute Gasteiger partial charge is 0.254 e. The Balaban J connectivity index is 2.14. The molecule has 16 heavy (non-hydrogen) atoms. The Morgan fingerprint density at radius 3 is 2.62 bits per heavy atom. The van der Waals surface area contributed by atoms with Crippen LogP contribution in [0.1, 0.15) is 10.4 Å². The van der Waals surface area contributed by atoms with Gasteiger partial charge in [-0.3, -0.25) is 4.79 Å². The standard InChI is InChI=1S/C10H11ClN2O3/c11-9-3-6(1-2-12-9)10(16)13-4-7(14)8(15)5-13/h1-3,7-8,14-15H,4-5H2. The molecule has 1 aliphatic heterocycles. The van der Waals surface area contributed by atoms with E-state index in [1.165, 1.54) is 17.2 Å². The number of aromatic nitrogens is 1. The van der Waals surface area contributed by atoms with Crippen molar-refractivity contribution in [3.8, 4) is 0 Å². The van der Waals surface area contributed by atoms with E-state index in [0.29, 0.717) is 5.56 Å². The summed E-state index contributed by atoms with van der Waals surface area (Å²) >= 11 is 5.67. The van der Waals surface area contributed by atoms with E-state index in [1.807, 2.05) is 0 Å². The number of halogens is 1. The van der Waals surface area contributed by atoms with Gasteiger partial charge in [0.15, 0.2) is 0 Å². The summed E-state index contributed by atoms with van der Waals surface area (Å²) in [6.45, 7) is 0.278. The minimum atomic E-state index is -0.874. The van der Waals surface area contributed by atoms with Gasteiger partial charge in [-0.05, 0) is 12.1 Å². The minimum absolute atomic E-state index is 0.139. The first-order chi connectivity index (χ1) is 7.58. The first-order valence-electron chi connectivity index (χ1n) is 4.85. The third-order valence-corrected chi connectivity index (χ3v) is 2.73. The number of carbonyl (C=O) groups excluding carboxylic acids is 1. The Bertz CT molecular complexity index is 403. The molecule has 2 rings (SSSR count). The van der Waals surface area contributed by atoms with Crippen LogP contribution in [0.3, 0.4) is 0 Å². The number of amides is 1. The van der Waals surface area contributed by atoms with E-state index < -0.39 is 12.2 Å². The maximum Gasteiger partial charge on any atom is 0.254 e. The summed E-state index contributed by atoms with van der Waals surface area (Å²) in [6.07, 6.45) is -0.305.